The van der Waals surface area contributed by atoms with Crippen molar-refractivity contribution in [3.63, 3.8) is 0 Å². The van der Waals surface area contributed by atoms with Gasteiger partial charge in [0.15, 0.2) is 0 Å². The first-order valence-corrected chi connectivity index (χ1v) is 4.42. The van der Waals surface area contributed by atoms with Crippen LogP contribution in [0.1, 0.15) is 12.0 Å². The number of aromatic nitrogens is 1. The van der Waals surface area contributed by atoms with Crippen LogP contribution in [0.2, 0.25) is 0 Å². The van der Waals surface area contributed by atoms with Gasteiger partial charge in [0.1, 0.15) is 5.82 Å². The molecule has 0 amide bonds. The highest BCUT2D eigenvalue weighted by atomic mass is 15.2. The van der Waals surface area contributed by atoms with Crippen LogP contribution in [0.15, 0.2) is 12.3 Å². The standard InChI is InChI=1S/C9H15N3/c1-11-4-2-5-12-6-3-8(7-10)9(11)12/h3,6H,2,4-5,7,10H2,1H3. The summed E-state index contributed by atoms with van der Waals surface area (Å²) < 4.78 is 2.28. The van der Waals surface area contributed by atoms with Crippen LogP contribution in [0.4, 0.5) is 5.82 Å². The van der Waals surface area contributed by atoms with Crippen molar-refractivity contribution < 1.29 is 0 Å². The van der Waals surface area contributed by atoms with Crippen molar-refractivity contribution in [3.8, 4) is 0 Å². The van der Waals surface area contributed by atoms with Gasteiger partial charge in [-0.25, -0.2) is 0 Å². The maximum atomic E-state index is 5.64. The molecule has 0 saturated heterocycles. The van der Waals surface area contributed by atoms with E-state index in [2.05, 4.69) is 28.8 Å². The number of hydrogen-bond acceptors (Lipinski definition) is 2. The zero-order valence-electron chi connectivity index (χ0n) is 7.45. The first-order valence-electron chi connectivity index (χ1n) is 4.42. The van der Waals surface area contributed by atoms with Crippen LogP contribution in [-0.2, 0) is 13.1 Å². The Morgan fingerprint density at radius 3 is 3.08 bits per heavy atom. The fourth-order valence-corrected chi connectivity index (χ4v) is 1.90. The number of nitrogens with zero attached hydrogens (tertiary/aromatic N) is 2. The van der Waals surface area contributed by atoms with Gasteiger partial charge in [-0.15, -0.1) is 0 Å². The van der Waals surface area contributed by atoms with Gasteiger partial charge in [-0.1, -0.05) is 0 Å². The van der Waals surface area contributed by atoms with Gasteiger partial charge in [-0.2, -0.15) is 0 Å². The van der Waals surface area contributed by atoms with E-state index in [-0.39, 0.29) is 0 Å². The highest BCUT2D eigenvalue weighted by Gasteiger charge is 2.15. The van der Waals surface area contributed by atoms with Gasteiger partial charge in [-0.05, 0) is 12.5 Å². The third-order valence-corrected chi connectivity index (χ3v) is 2.49. The summed E-state index contributed by atoms with van der Waals surface area (Å²) in [6.07, 6.45) is 3.37. The molecule has 0 atom stereocenters. The molecule has 0 bridgehead atoms. The minimum absolute atomic E-state index is 0.646. The zero-order valence-corrected chi connectivity index (χ0v) is 7.45. The first kappa shape index (κ1) is 7.68. The lowest BCUT2D eigenvalue weighted by Gasteiger charge is -2.27. The van der Waals surface area contributed by atoms with Crippen molar-refractivity contribution in [2.24, 2.45) is 5.73 Å². The van der Waals surface area contributed by atoms with E-state index < -0.39 is 0 Å². The largest absolute Gasteiger partial charge is 0.361 e. The molecule has 2 rings (SSSR count). The number of aryl methyl sites for hydroxylation is 1. The van der Waals surface area contributed by atoms with Crippen molar-refractivity contribution in [3.05, 3.63) is 17.8 Å². The van der Waals surface area contributed by atoms with Gasteiger partial charge in [-0.3, -0.25) is 0 Å². The molecule has 1 aromatic heterocycles. The highest BCUT2D eigenvalue weighted by molar-refractivity contribution is 5.49. The van der Waals surface area contributed by atoms with Gasteiger partial charge in [0.25, 0.3) is 0 Å². The van der Waals surface area contributed by atoms with Crippen LogP contribution in [0, 0.1) is 0 Å². The van der Waals surface area contributed by atoms with Crippen LogP contribution in [0.5, 0.6) is 0 Å². The molecule has 0 saturated carbocycles. The molecule has 2 N–H and O–H groups in total. The molecule has 1 aromatic rings. The summed E-state index contributed by atoms with van der Waals surface area (Å²) in [6.45, 7) is 2.93. The van der Waals surface area contributed by atoms with Crippen LogP contribution in [-0.4, -0.2) is 18.2 Å². The van der Waals surface area contributed by atoms with Crippen molar-refractivity contribution >= 4 is 5.82 Å². The summed E-state index contributed by atoms with van der Waals surface area (Å²) in [5.74, 6) is 1.31. The topological polar surface area (TPSA) is 34.2 Å². The summed E-state index contributed by atoms with van der Waals surface area (Å²) in [6, 6.07) is 2.12. The molecule has 0 aliphatic carbocycles. The Bertz CT molecular complexity index is 264. The molecule has 0 radical (unpaired) electrons. The monoisotopic (exact) mass is 165 g/mol. The molecule has 1 aliphatic rings. The second-order valence-electron chi connectivity index (χ2n) is 3.34. The summed E-state index contributed by atoms with van der Waals surface area (Å²) in [4.78, 5) is 2.28. The average molecular weight is 165 g/mol. The van der Waals surface area contributed by atoms with E-state index in [1.54, 1.807) is 0 Å². The van der Waals surface area contributed by atoms with E-state index >= 15 is 0 Å². The third kappa shape index (κ3) is 1.01. The van der Waals surface area contributed by atoms with E-state index in [4.69, 9.17) is 5.73 Å². The van der Waals surface area contributed by atoms with E-state index in [0.717, 1.165) is 13.1 Å². The number of nitrogens with two attached hydrogens (primary N) is 1. The zero-order chi connectivity index (χ0) is 8.55. The molecule has 0 spiro atoms. The van der Waals surface area contributed by atoms with Crippen molar-refractivity contribution in [1.29, 1.82) is 0 Å². The molecule has 1 aliphatic heterocycles. The number of rotatable bonds is 1. The lowest BCUT2D eigenvalue weighted by Crippen LogP contribution is -2.28. The highest BCUT2D eigenvalue weighted by Crippen LogP contribution is 2.24. The van der Waals surface area contributed by atoms with E-state index in [0.29, 0.717) is 6.54 Å². The van der Waals surface area contributed by atoms with Gasteiger partial charge in [0.05, 0.1) is 0 Å². The molecular weight excluding hydrogens is 150 g/mol. The number of fused-ring (bicyclic) bond motifs is 1. The maximum Gasteiger partial charge on any atom is 0.112 e. The molecule has 0 aromatic carbocycles. The van der Waals surface area contributed by atoms with Crippen LogP contribution in [0.25, 0.3) is 0 Å². The number of hydrogen-bond donors (Lipinski definition) is 1. The minimum atomic E-state index is 0.646. The SMILES string of the molecule is CN1CCCn2ccc(CN)c21. The van der Waals surface area contributed by atoms with E-state index in [1.165, 1.54) is 17.8 Å². The Labute approximate surface area is 72.8 Å². The lowest BCUT2D eigenvalue weighted by molar-refractivity contribution is 0.584. The van der Waals surface area contributed by atoms with Crippen molar-refractivity contribution in [2.45, 2.75) is 19.5 Å². The van der Waals surface area contributed by atoms with E-state index in [9.17, 15) is 0 Å². The normalized spacial score (nSPS) is 16.3. The lowest BCUT2D eigenvalue weighted by atomic mass is 10.2. The Kier molecular flexibility index (Phi) is 1.81. The van der Waals surface area contributed by atoms with Gasteiger partial charge >= 0.3 is 0 Å². The quantitative estimate of drug-likeness (QED) is 0.667. The molecule has 12 heavy (non-hydrogen) atoms. The molecule has 66 valence electrons. The predicted molar refractivity (Wildman–Crippen MR) is 50.2 cm³/mol. The molecule has 3 nitrogen and oxygen atoms in total. The first-order chi connectivity index (χ1) is 5.83. The summed E-state index contributed by atoms with van der Waals surface area (Å²) in [5.41, 5.74) is 6.90. The van der Waals surface area contributed by atoms with Crippen LogP contribution < -0.4 is 10.6 Å². The second kappa shape index (κ2) is 2.83. The summed E-state index contributed by atoms with van der Waals surface area (Å²) in [7, 11) is 2.13. The fourth-order valence-electron chi connectivity index (χ4n) is 1.90. The molecule has 3 heteroatoms. The molecule has 0 unspecified atom stereocenters. The van der Waals surface area contributed by atoms with Gasteiger partial charge in [0.2, 0.25) is 0 Å². The molecule has 2 heterocycles. The minimum Gasteiger partial charge on any atom is -0.361 e. The fraction of sp³-hybridized carbons (Fsp3) is 0.556. The van der Waals surface area contributed by atoms with Gasteiger partial charge in [0, 0.05) is 38.4 Å². The van der Waals surface area contributed by atoms with Crippen LogP contribution >= 0.6 is 0 Å². The smallest absolute Gasteiger partial charge is 0.112 e. The Balaban J connectivity index is 2.43. The Morgan fingerprint density at radius 1 is 1.50 bits per heavy atom. The average Bonchev–Trinajstić information content (AvgIpc) is 2.49. The Hall–Kier alpha value is -0.960. The number of anilines is 1. The summed E-state index contributed by atoms with van der Waals surface area (Å²) in [5, 5.41) is 0. The van der Waals surface area contributed by atoms with Crippen molar-refractivity contribution in [1.82, 2.24) is 4.57 Å². The third-order valence-electron chi connectivity index (χ3n) is 2.49. The van der Waals surface area contributed by atoms with Crippen molar-refractivity contribution in [2.75, 3.05) is 18.5 Å². The molecule has 0 fully saturated rings. The maximum absolute atomic E-state index is 5.64. The second-order valence-corrected chi connectivity index (χ2v) is 3.34. The van der Waals surface area contributed by atoms with Crippen LogP contribution in [0.3, 0.4) is 0 Å². The molecular formula is C9H15N3. The summed E-state index contributed by atoms with van der Waals surface area (Å²) >= 11 is 0. The van der Waals surface area contributed by atoms with Gasteiger partial charge < -0.3 is 15.2 Å². The van der Waals surface area contributed by atoms with E-state index in [1.807, 2.05) is 0 Å². The Morgan fingerprint density at radius 2 is 2.33 bits per heavy atom. The predicted octanol–water partition coefficient (Wildman–Crippen LogP) is 0.787.